The molecular formula is C13H19F2NO. The van der Waals surface area contributed by atoms with Gasteiger partial charge in [-0.25, -0.2) is 8.78 Å². The summed E-state index contributed by atoms with van der Waals surface area (Å²) >= 11 is 0. The molecule has 4 heteroatoms. The number of aliphatic hydroxyl groups is 1. The third-order valence-electron chi connectivity index (χ3n) is 3.01. The van der Waals surface area contributed by atoms with Gasteiger partial charge in [-0.15, -0.1) is 0 Å². The molecule has 0 radical (unpaired) electrons. The summed E-state index contributed by atoms with van der Waals surface area (Å²) in [5, 5.41) is 9.23. The molecule has 0 aliphatic carbocycles. The Bertz CT molecular complexity index is 368. The SMILES string of the molecule is CC(C)C(CO)CN(C)c1ccc(F)cc1F. The minimum absolute atomic E-state index is 0.0603. The Morgan fingerprint density at radius 1 is 1.29 bits per heavy atom. The quantitative estimate of drug-likeness (QED) is 0.859. The van der Waals surface area contributed by atoms with Crippen LogP contribution in [-0.2, 0) is 0 Å². The molecule has 1 rings (SSSR count). The number of nitrogens with zero attached hydrogens (tertiary/aromatic N) is 1. The summed E-state index contributed by atoms with van der Waals surface area (Å²) in [6, 6.07) is 3.52. The summed E-state index contributed by atoms with van der Waals surface area (Å²) in [5.41, 5.74) is 0.352. The lowest BCUT2D eigenvalue weighted by Crippen LogP contribution is -2.31. The predicted octanol–water partition coefficient (Wildman–Crippen LogP) is 2.67. The van der Waals surface area contributed by atoms with E-state index in [1.165, 1.54) is 12.1 Å². The molecule has 1 aromatic rings. The fraction of sp³-hybridized carbons (Fsp3) is 0.538. The number of aliphatic hydroxyl groups excluding tert-OH is 1. The van der Waals surface area contributed by atoms with Crippen molar-refractivity contribution in [1.29, 1.82) is 0 Å². The van der Waals surface area contributed by atoms with Gasteiger partial charge in [-0.3, -0.25) is 0 Å². The first kappa shape index (κ1) is 13.9. The Hall–Kier alpha value is -1.16. The van der Waals surface area contributed by atoms with Crippen LogP contribution in [0.25, 0.3) is 0 Å². The van der Waals surface area contributed by atoms with Crippen LogP contribution in [0.1, 0.15) is 13.8 Å². The van der Waals surface area contributed by atoms with Crippen molar-refractivity contribution in [3.8, 4) is 0 Å². The second-order valence-electron chi connectivity index (χ2n) is 4.66. The number of benzene rings is 1. The summed E-state index contributed by atoms with van der Waals surface area (Å²) in [4.78, 5) is 1.70. The summed E-state index contributed by atoms with van der Waals surface area (Å²) < 4.78 is 26.3. The zero-order valence-corrected chi connectivity index (χ0v) is 10.5. The van der Waals surface area contributed by atoms with Crippen molar-refractivity contribution < 1.29 is 13.9 Å². The summed E-state index contributed by atoms with van der Waals surface area (Å²) in [6.07, 6.45) is 0. The van der Waals surface area contributed by atoms with Gasteiger partial charge in [0.15, 0.2) is 0 Å². The van der Waals surface area contributed by atoms with Gasteiger partial charge in [0, 0.05) is 32.2 Å². The van der Waals surface area contributed by atoms with Crippen LogP contribution in [-0.4, -0.2) is 25.3 Å². The zero-order chi connectivity index (χ0) is 13.0. The monoisotopic (exact) mass is 243 g/mol. The first-order chi connectivity index (χ1) is 7.95. The smallest absolute Gasteiger partial charge is 0.149 e. The second kappa shape index (κ2) is 5.96. The van der Waals surface area contributed by atoms with Crippen molar-refractivity contribution in [2.75, 3.05) is 25.1 Å². The molecule has 1 atom stereocenters. The molecule has 17 heavy (non-hydrogen) atoms. The molecule has 1 unspecified atom stereocenters. The Morgan fingerprint density at radius 2 is 1.94 bits per heavy atom. The molecule has 0 aliphatic heterocycles. The number of rotatable bonds is 5. The van der Waals surface area contributed by atoms with E-state index >= 15 is 0 Å². The summed E-state index contributed by atoms with van der Waals surface area (Å²) in [5.74, 6) is -0.773. The normalized spacial score (nSPS) is 12.9. The van der Waals surface area contributed by atoms with E-state index in [-0.39, 0.29) is 12.5 Å². The molecule has 0 saturated heterocycles. The number of hydrogen-bond acceptors (Lipinski definition) is 2. The van der Waals surface area contributed by atoms with Crippen LogP contribution in [0, 0.1) is 23.5 Å². The van der Waals surface area contributed by atoms with E-state index in [1.54, 1.807) is 11.9 Å². The van der Waals surface area contributed by atoms with Gasteiger partial charge in [0.2, 0.25) is 0 Å². The predicted molar refractivity (Wildman–Crippen MR) is 65.0 cm³/mol. The molecule has 0 aromatic heterocycles. The van der Waals surface area contributed by atoms with Crippen molar-refractivity contribution in [2.24, 2.45) is 11.8 Å². The number of anilines is 1. The average molecular weight is 243 g/mol. The molecule has 0 spiro atoms. The largest absolute Gasteiger partial charge is 0.396 e. The standard InChI is InChI=1S/C13H19F2NO/c1-9(2)10(8-17)7-16(3)13-5-4-11(14)6-12(13)15/h4-6,9-10,17H,7-8H2,1-3H3. The lowest BCUT2D eigenvalue weighted by molar-refractivity contribution is 0.193. The topological polar surface area (TPSA) is 23.5 Å². The Balaban J connectivity index is 2.78. The van der Waals surface area contributed by atoms with Gasteiger partial charge in [-0.2, -0.15) is 0 Å². The van der Waals surface area contributed by atoms with Crippen LogP contribution in [0.3, 0.4) is 0 Å². The lowest BCUT2D eigenvalue weighted by Gasteiger charge is -2.27. The van der Waals surface area contributed by atoms with Gasteiger partial charge in [0.1, 0.15) is 11.6 Å². The second-order valence-corrected chi connectivity index (χ2v) is 4.66. The van der Waals surface area contributed by atoms with Gasteiger partial charge in [0.25, 0.3) is 0 Å². The van der Waals surface area contributed by atoms with Crippen molar-refractivity contribution >= 4 is 5.69 Å². The van der Waals surface area contributed by atoms with E-state index in [1.807, 2.05) is 13.8 Å². The maximum atomic E-state index is 13.5. The third-order valence-corrected chi connectivity index (χ3v) is 3.01. The van der Waals surface area contributed by atoms with Crippen molar-refractivity contribution in [2.45, 2.75) is 13.8 Å². The molecule has 0 amide bonds. The Labute approximate surface area is 101 Å². The van der Waals surface area contributed by atoms with Crippen molar-refractivity contribution in [3.63, 3.8) is 0 Å². The van der Waals surface area contributed by atoms with Crippen LogP contribution < -0.4 is 4.90 Å². The fourth-order valence-electron chi connectivity index (χ4n) is 1.72. The lowest BCUT2D eigenvalue weighted by atomic mass is 9.96. The molecule has 2 nitrogen and oxygen atoms in total. The van der Waals surface area contributed by atoms with Gasteiger partial charge >= 0.3 is 0 Å². The van der Waals surface area contributed by atoms with E-state index in [0.29, 0.717) is 18.2 Å². The van der Waals surface area contributed by atoms with Gasteiger partial charge in [-0.05, 0) is 18.1 Å². The third kappa shape index (κ3) is 3.66. The van der Waals surface area contributed by atoms with Gasteiger partial charge in [0.05, 0.1) is 5.69 Å². The molecule has 0 saturated carbocycles. The van der Waals surface area contributed by atoms with Crippen molar-refractivity contribution in [3.05, 3.63) is 29.8 Å². The minimum atomic E-state index is -0.581. The van der Waals surface area contributed by atoms with Crippen LogP contribution in [0.4, 0.5) is 14.5 Å². The summed E-state index contributed by atoms with van der Waals surface area (Å²) in [6.45, 7) is 4.62. The van der Waals surface area contributed by atoms with Crippen LogP contribution >= 0.6 is 0 Å². The van der Waals surface area contributed by atoms with Crippen LogP contribution in [0.2, 0.25) is 0 Å². The fourth-order valence-corrected chi connectivity index (χ4v) is 1.72. The highest BCUT2D eigenvalue weighted by molar-refractivity contribution is 5.47. The molecule has 0 bridgehead atoms. The molecule has 0 fully saturated rings. The molecule has 0 heterocycles. The molecule has 96 valence electrons. The molecule has 0 aliphatic rings. The number of hydrogen-bond donors (Lipinski definition) is 1. The minimum Gasteiger partial charge on any atom is -0.396 e. The van der Waals surface area contributed by atoms with E-state index in [4.69, 9.17) is 0 Å². The van der Waals surface area contributed by atoms with E-state index < -0.39 is 11.6 Å². The highest BCUT2D eigenvalue weighted by atomic mass is 19.1. The van der Waals surface area contributed by atoms with E-state index in [9.17, 15) is 13.9 Å². The first-order valence-corrected chi connectivity index (χ1v) is 5.72. The van der Waals surface area contributed by atoms with Crippen molar-refractivity contribution in [1.82, 2.24) is 0 Å². The van der Waals surface area contributed by atoms with E-state index in [2.05, 4.69) is 0 Å². The zero-order valence-electron chi connectivity index (χ0n) is 10.5. The van der Waals surface area contributed by atoms with E-state index in [0.717, 1.165) is 6.07 Å². The maximum Gasteiger partial charge on any atom is 0.149 e. The maximum absolute atomic E-state index is 13.5. The molecule has 1 N–H and O–H groups in total. The molecule has 1 aromatic carbocycles. The number of halogens is 2. The first-order valence-electron chi connectivity index (χ1n) is 5.72. The van der Waals surface area contributed by atoms with Crippen LogP contribution in [0.5, 0.6) is 0 Å². The highest BCUT2D eigenvalue weighted by Gasteiger charge is 2.17. The average Bonchev–Trinajstić information content (AvgIpc) is 2.24. The Kier molecular flexibility index (Phi) is 4.87. The van der Waals surface area contributed by atoms with Gasteiger partial charge < -0.3 is 10.0 Å². The van der Waals surface area contributed by atoms with Gasteiger partial charge in [-0.1, -0.05) is 13.8 Å². The van der Waals surface area contributed by atoms with Crippen LogP contribution in [0.15, 0.2) is 18.2 Å². The summed E-state index contributed by atoms with van der Waals surface area (Å²) in [7, 11) is 1.74. The highest BCUT2D eigenvalue weighted by Crippen LogP contribution is 2.21. The Morgan fingerprint density at radius 3 is 2.41 bits per heavy atom. The molecular weight excluding hydrogens is 224 g/mol.